The molecule has 0 aromatic carbocycles. The van der Waals surface area contributed by atoms with Gasteiger partial charge in [-0.3, -0.25) is 4.79 Å². The third-order valence-corrected chi connectivity index (χ3v) is 5.61. The molecule has 1 aromatic heterocycles. The van der Waals surface area contributed by atoms with Crippen LogP contribution in [-0.2, 0) is 0 Å². The quantitative estimate of drug-likeness (QED) is 0.859. The van der Waals surface area contributed by atoms with Crippen molar-refractivity contribution in [1.29, 1.82) is 0 Å². The molecule has 0 aliphatic carbocycles. The van der Waals surface area contributed by atoms with Gasteiger partial charge in [0.25, 0.3) is 5.91 Å². The van der Waals surface area contributed by atoms with Gasteiger partial charge in [-0.25, -0.2) is 0 Å². The highest BCUT2D eigenvalue weighted by molar-refractivity contribution is 7.17. The van der Waals surface area contributed by atoms with E-state index in [4.69, 9.17) is 11.6 Å². The van der Waals surface area contributed by atoms with E-state index in [-0.39, 0.29) is 11.4 Å². The first-order valence-corrected chi connectivity index (χ1v) is 7.47. The van der Waals surface area contributed by atoms with E-state index in [2.05, 4.69) is 19.2 Å². The number of rotatable bonds is 1. The van der Waals surface area contributed by atoms with Crippen molar-refractivity contribution < 1.29 is 4.79 Å². The second-order valence-corrected chi connectivity index (χ2v) is 7.41. The van der Waals surface area contributed by atoms with Crippen LogP contribution in [-0.4, -0.2) is 36.0 Å². The maximum atomic E-state index is 12.6. The lowest BCUT2D eigenvalue weighted by molar-refractivity contribution is 0.0608. The predicted octanol–water partition coefficient (Wildman–Crippen LogP) is 2.47. The molecule has 1 aromatic rings. The molecule has 3 rings (SSSR count). The van der Waals surface area contributed by atoms with Gasteiger partial charge in [-0.15, -0.1) is 11.3 Å². The lowest BCUT2D eigenvalue weighted by Gasteiger charge is -2.35. The fraction of sp³-hybridized carbons (Fsp3) is 0.615. The van der Waals surface area contributed by atoms with Crippen LogP contribution in [0.4, 0.5) is 0 Å². The summed E-state index contributed by atoms with van der Waals surface area (Å²) in [5.41, 5.74) is -0.0677. The number of nitrogens with zero attached hydrogens (tertiary/aromatic N) is 1. The standard InChI is InChI=1S/C13H17ClN2OS/c1-13(2)9-6-15-5-8(9)7-16(13)12(17)10-3-4-11(14)18-10/h3-4,8-9,15H,5-7H2,1-2H3. The van der Waals surface area contributed by atoms with Crippen LogP contribution in [0.5, 0.6) is 0 Å². The van der Waals surface area contributed by atoms with Gasteiger partial charge in [0.15, 0.2) is 0 Å². The zero-order valence-electron chi connectivity index (χ0n) is 10.6. The van der Waals surface area contributed by atoms with Crippen LogP contribution in [0.2, 0.25) is 4.34 Å². The average Bonchev–Trinajstić information content (AvgIpc) is 2.96. The van der Waals surface area contributed by atoms with E-state index < -0.39 is 0 Å². The summed E-state index contributed by atoms with van der Waals surface area (Å²) in [5, 5.41) is 3.43. The highest BCUT2D eigenvalue weighted by Gasteiger charge is 2.51. The Morgan fingerprint density at radius 2 is 2.28 bits per heavy atom. The molecule has 5 heteroatoms. The molecule has 2 unspecified atom stereocenters. The molecule has 1 amide bonds. The molecule has 0 radical (unpaired) electrons. The molecule has 18 heavy (non-hydrogen) atoms. The Morgan fingerprint density at radius 1 is 1.50 bits per heavy atom. The van der Waals surface area contributed by atoms with E-state index in [0.29, 0.717) is 16.2 Å². The Balaban J connectivity index is 1.87. The number of likely N-dealkylation sites (tertiary alicyclic amines) is 1. The van der Waals surface area contributed by atoms with Crippen LogP contribution < -0.4 is 5.32 Å². The maximum absolute atomic E-state index is 12.6. The first-order valence-electron chi connectivity index (χ1n) is 6.28. The number of hydrogen-bond acceptors (Lipinski definition) is 3. The van der Waals surface area contributed by atoms with Crippen molar-refractivity contribution >= 4 is 28.8 Å². The zero-order valence-corrected chi connectivity index (χ0v) is 12.1. The molecule has 98 valence electrons. The smallest absolute Gasteiger partial charge is 0.264 e. The van der Waals surface area contributed by atoms with Crippen LogP contribution in [0.1, 0.15) is 23.5 Å². The highest BCUT2D eigenvalue weighted by Crippen LogP contribution is 2.41. The molecule has 1 N–H and O–H groups in total. The van der Waals surface area contributed by atoms with E-state index in [1.165, 1.54) is 11.3 Å². The first-order chi connectivity index (χ1) is 8.50. The van der Waals surface area contributed by atoms with Crippen molar-refractivity contribution in [3.8, 4) is 0 Å². The minimum Gasteiger partial charge on any atom is -0.332 e. The molecule has 2 saturated heterocycles. The lowest BCUT2D eigenvalue weighted by Crippen LogP contribution is -2.47. The topological polar surface area (TPSA) is 32.3 Å². The molecule has 2 aliphatic heterocycles. The van der Waals surface area contributed by atoms with Gasteiger partial charge in [0, 0.05) is 25.2 Å². The normalized spacial score (nSPS) is 29.6. The maximum Gasteiger partial charge on any atom is 0.264 e. The number of hydrogen-bond donors (Lipinski definition) is 1. The van der Waals surface area contributed by atoms with Gasteiger partial charge in [0.2, 0.25) is 0 Å². The first kappa shape index (κ1) is 12.5. The minimum absolute atomic E-state index is 0.0677. The summed E-state index contributed by atoms with van der Waals surface area (Å²) >= 11 is 7.29. The Morgan fingerprint density at radius 3 is 2.89 bits per heavy atom. The lowest BCUT2D eigenvalue weighted by atomic mass is 9.85. The van der Waals surface area contributed by atoms with Gasteiger partial charge >= 0.3 is 0 Å². The largest absolute Gasteiger partial charge is 0.332 e. The number of thiophene rings is 1. The van der Waals surface area contributed by atoms with Gasteiger partial charge in [0.05, 0.1) is 9.21 Å². The van der Waals surface area contributed by atoms with Crippen molar-refractivity contribution in [2.75, 3.05) is 19.6 Å². The Bertz CT molecular complexity index is 485. The van der Waals surface area contributed by atoms with Crippen molar-refractivity contribution in [2.24, 2.45) is 11.8 Å². The third kappa shape index (κ3) is 1.78. The summed E-state index contributed by atoms with van der Waals surface area (Å²) in [6.45, 7) is 7.27. The summed E-state index contributed by atoms with van der Waals surface area (Å²) in [6, 6.07) is 3.63. The summed E-state index contributed by atoms with van der Waals surface area (Å²) in [5.74, 6) is 1.29. The number of halogens is 1. The second kappa shape index (κ2) is 4.22. The predicted molar refractivity (Wildman–Crippen MR) is 74.3 cm³/mol. The summed E-state index contributed by atoms with van der Waals surface area (Å²) < 4.78 is 0.678. The number of nitrogens with one attached hydrogen (secondary N) is 1. The van der Waals surface area contributed by atoms with E-state index in [9.17, 15) is 4.79 Å². The fourth-order valence-corrected chi connectivity index (χ4v) is 4.32. The van der Waals surface area contributed by atoms with Gasteiger partial charge in [0.1, 0.15) is 0 Å². The highest BCUT2D eigenvalue weighted by atomic mass is 35.5. The van der Waals surface area contributed by atoms with Crippen LogP contribution in [0, 0.1) is 11.8 Å². The number of carbonyl (C=O) groups is 1. The fourth-order valence-electron chi connectivity index (χ4n) is 3.33. The van der Waals surface area contributed by atoms with Gasteiger partial charge in [-0.1, -0.05) is 11.6 Å². The molecule has 2 atom stereocenters. The number of fused-ring (bicyclic) bond motifs is 1. The summed E-state index contributed by atoms with van der Waals surface area (Å²) in [7, 11) is 0. The summed E-state index contributed by atoms with van der Waals surface area (Å²) in [6.07, 6.45) is 0. The minimum atomic E-state index is -0.0677. The SMILES string of the molecule is CC1(C)C2CNCC2CN1C(=O)c1ccc(Cl)s1. The Labute approximate surface area is 116 Å². The number of carbonyl (C=O) groups excluding carboxylic acids is 1. The van der Waals surface area contributed by atoms with Gasteiger partial charge in [-0.2, -0.15) is 0 Å². The molecule has 0 bridgehead atoms. The van der Waals surface area contributed by atoms with Crippen molar-refractivity contribution in [3.63, 3.8) is 0 Å². The molecule has 2 fully saturated rings. The molecule has 3 heterocycles. The Hall–Kier alpha value is -0.580. The van der Waals surface area contributed by atoms with Crippen LogP contribution in [0.15, 0.2) is 12.1 Å². The molecule has 2 aliphatic rings. The molecule has 0 spiro atoms. The third-order valence-electron chi connectivity index (χ3n) is 4.39. The van der Waals surface area contributed by atoms with Crippen molar-refractivity contribution in [2.45, 2.75) is 19.4 Å². The van der Waals surface area contributed by atoms with Crippen LogP contribution >= 0.6 is 22.9 Å². The molecular formula is C13H17ClN2OS. The van der Waals surface area contributed by atoms with Crippen molar-refractivity contribution in [1.82, 2.24) is 10.2 Å². The molecular weight excluding hydrogens is 268 g/mol. The van der Waals surface area contributed by atoms with E-state index in [1.54, 1.807) is 6.07 Å². The van der Waals surface area contributed by atoms with Gasteiger partial charge < -0.3 is 10.2 Å². The van der Waals surface area contributed by atoms with Crippen molar-refractivity contribution in [3.05, 3.63) is 21.3 Å². The van der Waals surface area contributed by atoms with Gasteiger partial charge in [-0.05, 0) is 37.8 Å². The van der Waals surface area contributed by atoms with Crippen LogP contribution in [0.25, 0.3) is 0 Å². The number of amides is 1. The van der Waals surface area contributed by atoms with Crippen LogP contribution in [0.3, 0.4) is 0 Å². The summed E-state index contributed by atoms with van der Waals surface area (Å²) in [4.78, 5) is 15.3. The van der Waals surface area contributed by atoms with E-state index >= 15 is 0 Å². The molecule has 0 saturated carbocycles. The Kier molecular flexibility index (Phi) is 2.92. The zero-order chi connectivity index (χ0) is 12.9. The molecule has 3 nitrogen and oxygen atoms in total. The van der Waals surface area contributed by atoms with E-state index in [1.807, 2.05) is 11.0 Å². The average molecular weight is 285 g/mol. The second-order valence-electron chi connectivity index (χ2n) is 5.70. The monoisotopic (exact) mass is 284 g/mol. The van der Waals surface area contributed by atoms with E-state index in [0.717, 1.165) is 24.5 Å².